The number of carbonyl (C=O) groups excluding carboxylic acids is 1. The molecule has 0 fully saturated rings. The van der Waals surface area contributed by atoms with Crippen LogP contribution in [0.2, 0.25) is 0 Å². The van der Waals surface area contributed by atoms with Gasteiger partial charge in [-0.2, -0.15) is 0 Å². The molecule has 11 heteroatoms. The summed E-state index contributed by atoms with van der Waals surface area (Å²) in [7, 11) is -4.63. The summed E-state index contributed by atoms with van der Waals surface area (Å²) in [5.41, 5.74) is 5.36. The zero-order valence-electron chi connectivity index (χ0n) is 37.1. The number of phosphoric acid groups is 1. The van der Waals surface area contributed by atoms with E-state index in [1.807, 2.05) is 0 Å². The third kappa shape index (κ3) is 43.3. The summed E-state index contributed by atoms with van der Waals surface area (Å²) in [6.07, 6.45) is 53.8. The number of hydrogen-bond donors (Lipinski definition) is 3. The second-order valence-electron chi connectivity index (χ2n) is 15.1. The number of rotatable bonds is 43. The second kappa shape index (κ2) is 43.5. The molecule has 0 aliphatic rings. The van der Waals surface area contributed by atoms with Crippen LogP contribution in [0.5, 0.6) is 0 Å². The molecule has 0 spiro atoms. The number of carbonyl (C=O) groups is 2. The first-order chi connectivity index (χ1) is 28.7. The fourth-order valence-electron chi connectivity index (χ4n) is 5.92. The average Bonchev–Trinajstić information content (AvgIpc) is 3.21. The lowest BCUT2D eigenvalue weighted by atomic mass is 10.1. The zero-order valence-corrected chi connectivity index (χ0v) is 38.0. The van der Waals surface area contributed by atoms with E-state index < -0.39 is 45.1 Å². The van der Waals surface area contributed by atoms with Gasteiger partial charge >= 0.3 is 19.8 Å². The smallest absolute Gasteiger partial charge is 0.472 e. The maximum absolute atomic E-state index is 12.7. The quantitative estimate of drug-likeness (QED) is 0.0234. The Kier molecular flexibility index (Phi) is 41.6. The Balaban J connectivity index is 4.25. The SMILES string of the molecule is CC/C=C\C/C=C\C/C=C\CCCCCCCCCC(=O)OC(COCCCCCCCCC/C=C\C/C=C\C/C=C\CCCCC)COP(=O)(O)OCC(N)C(=O)O. The molecule has 0 radical (unpaired) electrons. The first-order valence-corrected chi connectivity index (χ1v) is 24.5. The Morgan fingerprint density at radius 1 is 0.559 bits per heavy atom. The van der Waals surface area contributed by atoms with Crippen LogP contribution < -0.4 is 5.73 Å². The van der Waals surface area contributed by atoms with E-state index in [9.17, 15) is 19.0 Å². The van der Waals surface area contributed by atoms with Gasteiger partial charge in [-0.05, 0) is 83.5 Å². The van der Waals surface area contributed by atoms with E-state index >= 15 is 0 Å². The van der Waals surface area contributed by atoms with E-state index in [0.29, 0.717) is 13.0 Å². The van der Waals surface area contributed by atoms with E-state index in [-0.39, 0.29) is 13.0 Å². The fourth-order valence-corrected chi connectivity index (χ4v) is 6.70. The maximum Gasteiger partial charge on any atom is 0.472 e. The molecule has 0 aliphatic heterocycles. The van der Waals surface area contributed by atoms with Gasteiger partial charge in [0, 0.05) is 13.0 Å². The van der Waals surface area contributed by atoms with E-state index in [2.05, 4.69) is 86.8 Å². The number of carboxylic acid groups (broad SMARTS) is 1. The van der Waals surface area contributed by atoms with Gasteiger partial charge in [-0.25, -0.2) is 4.57 Å². The highest BCUT2D eigenvalue weighted by Gasteiger charge is 2.27. The standard InChI is InChI=1S/C48H84NO9P/c1-3-5-7-9-11-13-15-17-19-21-22-23-25-27-29-31-33-35-37-39-41-55-42-45(43-56-59(53,54)57-44-46(49)48(51)52)58-47(50)40-38-36-34-32-30-28-26-24-20-18-16-14-12-10-8-6-4-2/h6,8,11-14,17-20,22-23,45-46H,3-5,7,9-10,15-16,21,24-44,49H2,1-2H3,(H,51,52)(H,53,54)/b8-6-,13-11-,14-12-,19-17-,20-18-,23-22-. The highest BCUT2D eigenvalue weighted by molar-refractivity contribution is 7.47. The molecule has 340 valence electrons. The van der Waals surface area contributed by atoms with Crippen LogP contribution in [0.1, 0.15) is 181 Å². The van der Waals surface area contributed by atoms with Crippen LogP contribution in [0.25, 0.3) is 0 Å². The van der Waals surface area contributed by atoms with Crippen molar-refractivity contribution in [1.82, 2.24) is 0 Å². The lowest BCUT2D eigenvalue weighted by molar-refractivity contribution is -0.154. The van der Waals surface area contributed by atoms with Crippen molar-refractivity contribution in [3.05, 3.63) is 72.9 Å². The van der Waals surface area contributed by atoms with Crippen LogP contribution in [0.3, 0.4) is 0 Å². The molecule has 0 rings (SSSR count). The normalized spacial score (nSPS) is 14.5. The zero-order chi connectivity index (χ0) is 43.3. The lowest BCUT2D eigenvalue weighted by Gasteiger charge is -2.20. The highest BCUT2D eigenvalue weighted by atomic mass is 31.2. The van der Waals surface area contributed by atoms with Crippen LogP contribution in [0.15, 0.2) is 72.9 Å². The molecule has 4 N–H and O–H groups in total. The number of aliphatic carboxylic acids is 1. The number of phosphoric ester groups is 1. The van der Waals surface area contributed by atoms with E-state index in [1.54, 1.807) is 0 Å². The summed E-state index contributed by atoms with van der Waals surface area (Å²) < 4.78 is 33.4. The number of nitrogens with two attached hydrogens (primary N) is 1. The maximum atomic E-state index is 12.7. The predicted octanol–water partition coefficient (Wildman–Crippen LogP) is 13.0. The molecule has 0 bridgehead atoms. The largest absolute Gasteiger partial charge is 0.480 e. The molecule has 3 unspecified atom stereocenters. The van der Waals surface area contributed by atoms with Gasteiger partial charge in [0.15, 0.2) is 0 Å². The number of unbranched alkanes of at least 4 members (excludes halogenated alkanes) is 17. The number of ether oxygens (including phenoxy) is 2. The minimum atomic E-state index is -4.63. The Morgan fingerprint density at radius 2 is 0.983 bits per heavy atom. The van der Waals surface area contributed by atoms with Gasteiger partial charge in [-0.15, -0.1) is 0 Å². The highest BCUT2D eigenvalue weighted by Crippen LogP contribution is 2.43. The van der Waals surface area contributed by atoms with Crippen LogP contribution in [-0.2, 0) is 32.7 Å². The molecule has 0 saturated heterocycles. The van der Waals surface area contributed by atoms with Gasteiger partial charge < -0.3 is 25.2 Å². The van der Waals surface area contributed by atoms with Crippen molar-refractivity contribution in [3.63, 3.8) is 0 Å². The van der Waals surface area contributed by atoms with Gasteiger partial charge in [0.1, 0.15) is 12.1 Å². The van der Waals surface area contributed by atoms with Crippen LogP contribution in [-0.4, -0.2) is 60.5 Å². The summed E-state index contributed by atoms with van der Waals surface area (Å²) in [5, 5.41) is 8.91. The Bertz CT molecular complexity index is 1210. The summed E-state index contributed by atoms with van der Waals surface area (Å²) in [6.45, 7) is 3.70. The van der Waals surface area contributed by atoms with Gasteiger partial charge in [-0.3, -0.25) is 18.6 Å². The van der Waals surface area contributed by atoms with Crippen molar-refractivity contribution in [2.24, 2.45) is 5.73 Å². The van der Waals surface area contributed by atoms with E-state index in [1.165, 1.54) is 70.6 Å². The number of carboxylic acids is 1. The molecular weight excluding hydrogens is 766 g/mol. The molecular formula is C48H84NO9P. The van der Waals surface area contributed by atoms with Crippen LogP contribution >= 0.6 is 7.82 Å². The van der Waals surface area contributed by atoms with Crippen LogP contribution in [0.4, 0.5) is 0 Å². The Morgan fingerprint density at radius 3 is 1.47 bits per heavy atom. The molecule has 0 aromatic heterocycles. The van der Waals surface area contributed by atoms with Crippen molar-refractivity contribution in [2.75, 3.05) is 26.4 Å². The molecule has 3 atom stereocenters. The first-order valence-electron chi connectivity index (χ1n) is 23.0. The molecule has 10 nitrogen and oxygen atoms in total. The number of esters is 1. The second-order valence-corrected chi connectivity index (χ2v) is 16.6. The van der Waals surface area contributed by atoms with Crippen LogP contribution in [0, 0.1) is 0 Å². The molecule has 0 heterocycles. The number of hydrogen-bond acceptors (Lipinski definition) is 8. The topological polar surface area (TPSA) is 155 Å². The summed E-state index contributed by atoms with van der Waals surface area (Å²) in [6, 6.07) is -1.48. The van der Waals surface area contributed by atoms with Crippen molar-refractivity contribution < 1.29 is 42.7 Å². The lowest BCUT2D eigenvalue weighted by Crippen LogP contribution is -2.34. The van der Waals surface area contributed by atoms with Gasteiger partial charge in [0.2, 0.25) is 0 Å². The summed E-state index contributed by atoms with van der Waals surface area (Å²) in [4.78, 5) is 33.6. The monoisotopic (exact) mass is 850 g/mol. The molecule has 0 saturated carbocycles. The van der Waals surface area contributed by atoms with E-state index in [0.717, 1.165) is 83.5 Å². The van der Waals surface area contributed by atoms with Gasteiger partial charge in [0.25, 0.3) is 0 Å². The number of allylic oxidation sites excluding steroid dienone is 12. The van der Waals surface area contributed by atoms with Crippen molar-refractivity contribution >= 4 is 19.8 Å². The molecule has 0 aliphatic carbocycles. The summed E-state index contributed by atoms with van der Waals surface area (Å²) in [5.74, 6) is -1.80. The Labute approximate surface area is 359 Å². The first kappa shape index (κ1) is 56.4. The Hall–Kier alpha value is -2.59. The molecule has 59 heavy (non-hydrogen) atoms. The van der Waals surface area contributed by atoms with Gasteiger partial charge in [-0.1, -0.05) is 164 Å². The van der Waals surface area contributed by atoms with Crippen molar-refractivity contribution in [3.8, 4) is 0 Å². The minimum absolute atomic E-state index is 0.00238. The third-order valence-corrected chi connectivity index (χ3v) is 10.4. The van der Waals surface area contributed by atoms with Gasteiger partial charge in [0.05, 0.1) is 19.8 Å². The fraction of sp³-hybridized carbons (Fsp3) is 0.708. The predicted molar refractivity (Wildman–Crippen MR) is 244 cm³/mol. The molecule has 0 aromatic rings. The van der Waals surface area contributed by atoms with Crippen molar-refractivity contribution in [1.29, 1.82) is 0 Å². The minimum Gasteiger partial charge on any atom is -0.480 e. The van der Waals surface area contributed by atoms with E-state index in [4.69, 9.17) is 29.4 Å². The molecule has 0 amide bonds. The summed E-state index contributed by atoms with van der Waals surface area (Å²) >= 11 is 0. The van der Waals surface area contributed by atoms with Crippen molar-refractivity contribution in [2.45, 2.75) is 193 Å². The molecule has 0 aromatic carbocycles. The third-order valence-electron chi connectivity index (χ3n) is 9.47. The average molecular weight is 850 g/mol.